The van der Waals surface area contributed by atoms with Crippen molar-refractivity contribution in [3.05, 3.63) is 35.4 Å². The van der Waals surface area contributed by atoms with Crippen LogP contribution in [0, 0.1) is 5.92 Å². The summed E-state index contributed by atoms with van der Waals surface area (Å²) in [6.45, 7) is 7.67. The number of carbonyl (C=O) groups excluding carboxylic acids is 1. The van der Waals surface area contributed by atoms with Crippen molar-refractivity contribution in [3.8, 4) is 0 Å². The van der Waals surface area contributed by atoms with Crippen LogP contribution in [0.5, 0.6) is 0 Å². The van der Waals surface area contributed by atoms with Crippen LogP contribution >= 0.6 is 0 Å². The van der Waals surface area contributed by atoms with E-state index in [4.69, 9.17) is 0 Å². The van der Waals surface area contributed by atoms with Gasteiger partial charge in [-0.1, -0.05) is 26.0 Å². The van der Waals surface area contributed by atoms with E-state index in [1.54, 1.807) is 6.26 Å². The monoisotopic (exact) mass is 281 g/mol. The van der Waals surface area contributed by atoms with E-state index < -0.39 is 10.8 Å². The highest BCUT2D eigenvalue weighted by atomic mass is 32.2. The second-order valence-electron chi connectivity index (χ2n) is 5.16. The van der Waals surface area contributed by atoms with Gasteiger partial charge in [0, 0.05) is 41.5 Å². The number of carbonyl (C=O) groups is 1. The molecule has 0 saturated carbocycles. The summed E-state index contributed by atoms with van der Waals surface area (Å²) in [4.78, 5) is 14.3. The molecule has 1 atom stereocenters. The Labute approximate surface area is 118 Å². The Balaban J connectivity index is 2.88. The Hall–Kier alpha value is -1.16. The van der Waals surface area contributed by atoms with Crippen molar-refractivity contribution in [2.75, 3.05) is 19.3 Å². The Bertz CT molecular complexity index is 457. The van der Waals surface area contributed by atoms with Crippen LogP contribution in [0.25, 0.3) is 0 Å². The quantitative estimate of drug-likeness (QED) is 0.804. The van der Waals surface area contributed by atoms with E-state index >= 15 is 0 Å². The van der Waals surface area contributed by atoms with Crippen LogP contribution in [0.2, 0.25) is 0 Å². The molecule has 0 aliphatic heterocycles. The molecule has 0 N–H and O–H groups in total. The number of rotatable bonds is 6. The van der Waals surface area contributed by atoms with Crippen LogP contribution in [0.4, 0.5) is 0 Å². The summed E-state index contributed by atoms with van der Waals surface area (Å²) in [6, 6.07) is 7.45. The first-order valence-electron chi connectivity index (χ1n) is 6.62. The van der Waals surface area contributed by atoms with Gasteiger partial charge in [0.15, 0.2) is 0 Å². The fraction of sp³-hybridized carbons (Fsp3) is 0.533. The molecule has 0 bridgehead atoms. The maximum Gasteiger partial charge on any atom is 0.253 e. The van der Waals surface area contributed by atoms with Gasteiger partial charge in [-0.3, -0.25) is 9.00 Å². The van der Waals surface area contributed by atoms with Crippen LogP contribution in [-0.2, 0) is 16.6 Å². The molecule has 19 heavy (non-hydrogen) atoms. The molecule has 0 spiro atoms. The van der Waals surface area contributed by atoms with Gasteiger partial charge in [0.1, 0.15) is 0 Å². The minimum Gasteiger partial charge on any atom is -0.339 e. The van der Waals surface area contributed by atoms with Crippen LogP contribution in [0.1, 0.15) is 36.7 Å². The van der Waals surface area contributed by atoms with Crippen molar-refractivity contribution in [1.29, 1.82) is 0 Å². The Kier molecular flexibility index (Phi) is 6.22. The molecule has 4 heteroatoms. The minimum atomic E-state index is -0.885. The summed E-state index contributed by atoms with van der Waals surface area (Å²) >= 11 is 0. The molecule has 0 aromatic heterocycles. The van der Waals surface area contributed by atoms with Gasteiger partial charge in [-0.05, 0) is 30.5 Å². The summed E-state index contributed by atoms with van der Waals surface area (Å²) in [5, 5.41) is 0. The first-order valence-corrected chi connectivity index (χ1v) is 8.35. The lowest BCUT2D eigenvalue weighted by Gasteiger charge is -2.23. The molecule has 1 unspecified atom stereocenters. The average molecular weight is 281 g/mol. The van der Waals surface area contributed by atoms with Gasteiger partial charge in [-0.25, -0.2) is 0 Å². The summed E-state index contributed by atoms with van der Waals surface area (Å²) in [5.41, 5.74) is 1.64. The second-order valence-corrected chi connectivity index (χ2v) is 6.59. The van der Waals surface area contributed by atoms with Crippen LogP contribution in [0.3, 0.4) is 0 Å². The van der Waals surface area contributed by atoms with Gasteiger partial charge in [0.25, 0.3) is 5.91 Å². The number of hydrogen-bond acceptors (Lipinski definition) is 2. The topological polar surface area (TPSA) is 37.4 Å². The zero-order valence-corrected chi connectivity index (χ0v) is 13.0. The highest BCUT2D eigenvalue weighted by Gasteiger charge is 2.15. The lowest BCUT2D eigenvalue weighted by Crippen LogP contribution is -2.34. The Morgan fingerprint density at radius 3 is 2.58 bits per heavy atom. The summed E-state index contributed by atoms with van der Waals surface area (Å²) in [7, 11) is -0.885. The smallest absolute Gasteiger partial charge is 0.253 e. The first kappa shape index (κ1) is 15.9. The van der Waals surface area contributed by atoms with E-state index in [0.29, 0.717) is 23.8 Å². The average Bonchev–Trinajstić information content (AvgIpc) is 2.34. The zero-order chi connectivity index (χ0) is 14.4. The molecule has 1 rings (SSSR count). The molecule has 1 aromatic carbocycles. The third-order valence-corrected chi connectivity index (χ3v) is 3.54. The van der Waals surface area contributed by atoms with Gasteiger partial charge in [-0.15, -0.1) is 0 Å². The first-order chi connectivity index (χ1) is 8.93. The lowest BCUT2D eigenvalue weighted by atomic mass is 10.1. The maximum absolute atomic E-state index is 12.4. The van der Waals surface area contributed by atoms with Crippen molar-refractivity contribution in [2.24, 2.45) is 5.92 Å². The molecule has 1 aromatic rings. The summed E-state index contributed by atoms with van der Waals surface area (Å²) in [5.74, 6) is 1.01. The van der Waals surface area contributed by atoms with E-state index in [1.165, 1.54) is 0 Å². The number of nitrogens with zero attached hydrogens (tertiary/aromatic N) is 1. The molecule has 0 fully saturated rings. The van der Waals surface area contributed by atoms with Crippen LogP contribution < -0.4 is 0 Å². The van der Waals surface area contributed by atoms with Crippen molar-refractivity contribution in [1.82, 2.24) is 4.90 Å². The molecule has 1 amide bonds. The molecule has 0 radical (unpaired) electrons. The molecular weight excluding hydrogens is 258 g/mol. The van der Waals surface area contributed by atoms with E-state index in [2.05, 4.69) is 13.8 Å². The predicted molar refractivity (Wildman–Crippen MR) is 80.6 cm³/mol. The van der Waals surface area contributed by atoms with Crippen molar-refractivity contribution in [3.63, 3.8) is 0 Å². The van der Waals surface area contributed by atoms with Gasteiger partial charge in [0.2, 0.25) is 0 Å². The van der Waals surface area contributed by atoms with Crippen molar-refractivity contribution >= 4 is 16.7 Å². The van der Waals surface area contributed by atoms with Crippen LogP contribution in [0.15, 0.2) is 24.3 Å². The molecule has 106 valence electrons. The number of amides is 1. The van der Waals surface area contributed by atoms with Gasteiger partial charge in [0.05, 0.1) is 0 Å². The van der Waals surface area contributed by atoms with E-state index in [-0.39, 0.29) is 5.91 Å². The van der Waals surface area contributed by atoms with Crippen molar-refractivity contribution in [2.45, 2.75) is 26.5 Å². The van der Waals surface area contributed by atoms with Gasteiger partial charge >= 0.3 is 0 Å². The molecule has 0 aliphatic rings. The van der Waals surface area contributed by atoms with E-state index in [0.717, 1.165) is 12.1 Å². The number of benzene rings is 1. The fourth-order valence-corrected chi connectivity index (χ4v) is 2.66. The minimum absolute atomic E-state index is 0.0555. The Morgan fingerprint density at radius 2 is 2.05 bits per heavy atom. The molecule has 0 saturated heterocycles. The van der Waals surface area contributed by atoms with E-state index in [9.17, 15) is 9.00 Å². The predicted octanol–water partition coefficient (Wildman–Crippen LogP) is 2.68. The van der Waals surface area contributed by atoms with Gasteiger partial charge < -0.3 is 4.90 Å². The van der Waals surface area contributed by atoms with Crippen molar-refractivity contribution < 1.29 is 9.00 Å². The third-order valence-electron chi connectivity index (χ3n) is 2.80. The van der Waals surface area contributed by atoms with Crippen LogP contribution in [-0.4, -0.2) is 34.4 Å². The standard InChI is InChI=1S/C15H23NO2S/c1-5-16(10-12(2)3)15(17)14-8-6-7-13(9-14)11-19(4)18/h6-9,12H,5,10-11H2,1-4H3. The van der Waals surface area contributed by atoms with Gasteiger partial charge in [-0.2, -0.15) is 0 Å². The molecular formula is C15H23NO2S. The SMILES string of the molecule is CCN(CC(C)C)C(=O)c1cccc(CS(C)=O)c1. The zero-order valence-electron chi connectivity index (χ0n) is 12.2. The summed E-state index contributed by atoms with van der Waals surface area (Å²) < 4.78 is 11.2. The lowest BCUT2D eigenvalue weighted by molar-refractivity contribution is 0.0745. The Morgan fingerprint density at radius 1 is 1.37 bits per heavy atom. The molecule has 0 aliphatic carbocycles. The molecule has 0 heterocycles. The normalized spacial score (nSPS) is 12.5. The fourth-order valence-electron chi connectivity index (χ4n) is 2.01. The summed E-state index contributed by atoms with van der Waals surface area (Å²) in [6.07, 6.45) is 1.67. The molecule has 3 nitrogen and oxygen atoms in total. The van der Waals surface area contributed by atoms with E-state index in [1.807, 2.05) is 36.1 Å². The largest absolute Gasteiger partial charge is 0.339 e. The second kappa shape index (κ2) is 7.43. The maximum atomic E-state index is 12.4. The highest BCUT2D eigenvalue weighted by Crippen LogP contribution is 2.11. The highest BCUT2D eigenvalue weighted by molar-refractivity contribution is 7.83. The number of hydrogen-bond donors (Lipinski definition) is 0. The third kappa shape index (κ3) is 5.15.